The molecular weight excluding hydrogens is 244 g/mol. The summed E-state index contributed by atoms with van der Waals surface area (Å²) in [5, 5.41) is 8.72. The molecule has 1 aromatic carbocycles. The fraction of sp³-hybridized carbons (Fsp3) is 0.444. The van der Waals surface area contributed by atoms with Crippen LogP contribution in [0.25, 0.3) is 5.57 Å². The molecule has 0 saturated heterocycles. The van der Waals surface area contributed by atoms with Gasteiger partial charge in [-0.15, -0.1) is 0 Å². The zero-order valence-electron chi connectivity index (χ0n) is 13.2. The fourth-order valence-corrected chi connectivity index (χ4v) is 2.39. The van der Waals surface area contributed by atoms with E-state index in [1.165, 1.54) is 27.8 Å². The molecule has 2 nitrogen and oxygen atoms in total. The second kappa shape index (κ2) is 5.74. The third kappa shape index (κ3) is 3.44. The molecule has 1 aliphatic carbocycles. The summed E-state index contributed by atoms with van der Waals surface area (Å²) in [6.07, 6.45) is 3.34. The highest BCUT2D eigenvalue weighted by atomic mass is 15.1. The van der Waals surface area contributed by atoms with Gasteiger partial charge in [-0.05, 0) is 63.3 Å². The lowest BCUT2D eigenvalue weighted by atomic mass is 9.96. The normalized spacial score (nSPS) is 16.1. The largest absolute Gasteiger partial charge is 0.189 e. The lowest BCUT2D eigenvalue weighted by molar-refractivity contribution is 0.537. The van der Waals surface area contributed by atoms with E-state index >= 15 is 0 Å². The number of allylic oxidation sites excluding steroid dienone is 4. The van der Waals surface area contributed by atoms with Crippen molar-refractivity contribution in [3.8, 4) is 0 Å². The number of rotatable bonds is 3. The smallest absolute Gasteiger partial charge is 0.0855 e. The van der Waals surface area contributed by atoms with Crippen LogP contribution in [0.3, 0.4) is 0 Å². The van der Waals surface area contributed by atoms with E-state index in [0.717, 1.165) is 6.42 Å². The first kappa shape index (κ1) is 14.7. The molecule has 1 aromatic rings. The lowest BCUT2D eigenvalue weighted by Gasteiger charge is -2.12. The standard InChI is InChI=1S/C18H24N2/c1-13-10-11-16(14(13)2)17-9-7-6-8-15(17)12-19-20-18(3,4)5/h6-10H,11-12H2,1-5H3. The highest BCUT2D eigenvalue weighted by Gasteiger charge is 2.15. The Hall–Kier alpha value is -1.70. The van der Waals surface area contributed by atoms with Crippen LogP contribution in [0.1, 0.15) is 52.2 Å². The van der Waals surface area contributed by atoms with E-state index in [2.05, 4.69) is 75.2 Å². The van der Waals surface area contributed by atoms with E-state index in [0.29, 0.717) is 6.54 Å². The minimum Gasteiger partial charge on any atom is -0.189 e. The Labute approximate surface area is 122 Å². The summed E-state index contributed by atoms with van der Waals surface area (Å²) in [7, 11) is 0. The molecule has 20 heavy (non-hydrogen) atoms. The second-order valence-corrected chi connectivity index (χ2v) is 6.42. The molecule has 0 heterocycles. The Morgan fingerprint density at radius 2 is 1.80 bits per heavy atom. The molecule has 0 aromatic heterocycles. The topological polar surface area (TPSA) is 24.7 Å². The molecule has 0 radical (unpaired) electrons. The van der Waals surface area contributed by atoms with Crippen LogP contribution in [0.2, 0.25) is 0 Å². The molecule has 0 atom stereocenters. The van der Waals surface area contributed by atoms with Gasteiger partial charge in [-0.2, -0.15) is 10.2 Å². The average molecular weight is 268 g/mol. The third-order valence-corrected chi connectivity index (χ3v) is 3.61. The van der Waals surface area contributed by atoms with Crippen molar-refractivity contribution in [3.63, 3.8) is 0 Å². The van der Waals surface area contributed by atoms with Gasteiger partial charge in [-0.25, -0.2) is 0 Å². The first-order valence-electron chi connectivity index (χ1n) is 7.22. The van der Waals surface area contributed by atoms with Crippen LogP contribution < -0.4 is 0 Å². The monoisotopic (exact) mass is 268 g/mol. The van der Waals surface area contributed by atoms with Crippen LogP contribution in [0.5, 0.6) is 0 Å². The Morgan fingerprint density at radius 1 is 1.10 bits per heavy atom. The molecule has 0 N–H and O–H groups in total. The zero-order chi connectivity index (χ0) is 14.8. The van der Waals surface area contributed by atoms with Gasteiger partial charge >= 0.3 is 0 Å². The number of nitrogens with zero attached hydrogens (tertiary/aromatic N) is 2. The zero-order valence-corrected chi connectivity index (χ0v) is 13.2. The number of benzene rings is 1. The Morgan fingerprint density at radius 3 is 2.40 bits per heavy atom. The molecule has 2 heteroatoms. The van der Waals surface area contributed by atoms with Crippen molar-refractivity contribution < 1.29 is 0 Å². The Bertz CT molecular complexity index is 584. The van der Waals surface area contributed by atoms with Crippen molar-refractivity contribution in [2.75, 3.05) is 0 Å². The summed E-state index contributed by atoms with van der Waals surface area (Å²) in [5.74, 6) is 0. The van der Waals surface area contributed by atoms with Gasteiger partial charge in [-0.1, -0.05) is 35.9 Å². The maximum absolute atomic E-state index is 4.37. The SMILES string of the molecule is CC1=CCC(c2ccccc2CN=NC(C)(C)C)=C1C. The molecule has 0 fully saturated rings. The van der Waals surface area contributed by atoms with Crippen LogP contribution in [0, 0.1) is 0 Å². The number of azo groups is 1. The van der Waals surface area contributed by atoms with Crippen molar-refractivity contribution in [3.05, 3.63) is 52.6 Å². The molecule has 0 amide bonds. The highest BCUT2D eigenvalue weighted by molar-refractivity contribution is 5.77. The molecule has 0 saturated carbocycles. The molecular formula is C18H24N2. The van der Waals surface area contributed by atoms with Crippen molar-refractivity contribution in [2.24, 2.45) is 10.2 Å². The minimum atomic E-state index is -0.102. The average Bonchev–Trinajstić information content (AvgIpc) is 2.69. The summed E-state index contributed by atoms with van der Waals surface area (Å²) in [5.41, 5.74) is 6.72. The summed E-state index contributed by atoms with van der Waals surface area (Å²) >= 11 is 0. The van der Waals surface area contributed by atoms with Gasteiger partial charge in [0.2, 0.25) is 0 Å². The van der Waals surface area contributed by atoms with Crippen molar-refractivity contribution >= 4 is 5.57 Å². The summed E-state index contributed by atoms with van der Waals surface area (Å²) in [6, 6.07) is 8.54. The molecule has 0 unspecified atom stereocenters. The van der Waals surface area contributed by atoms with Crippen LogP contribution in [-0.4, -0.2) is 5.54 Å². The van der Waals surface area contributed by atoms with Crippen LogP contribution in [0.4, 0.5) is 0 Å². The first-order valence-corrected chi connectivity index (χ1v) is 7.22. The molecule has 0 bridgehead atoms. The molecule has 1 aliphatic rings. The van der Waals surface area contributed by atoms with Crippen molar-refractivity contribution in [2.45, 2.75) is 53.1 Å². The van der Waals surface area contributed by atoms with E-state index in [1.807, 2.05) is 0 Å². The van der Waals surface area contributed by atoms with E-state index in [-0.39, 0.29) is 5.54 Å². The Kier molecular flexibility index (Phi) is 4.22. The maximum Gasteiger partial charge on any atom is 0.0855 e. The maximum atomic E-state index is 4.37. The summed E-state index contributed by atoms with van der Waals surface area (Å²) in [4.78, 5) is 0. The van der Waals surface area contributed by atoms with Gasteiger partial charge in [0.05, 0.1) is 12.1 Å². The first-order chi connectivity index (χ1) is 9.38. The third-order valence-electron chi connectivity index (χ3n) is 3.61. The predicted molar refractivity (Wildman–Crippen MR) is 85.7 cm³/mol. The fourth-order valence-electron chi connectivity index (χ4n) is 2.39. The lowest BCUT2D eigenvalue weighted by Crippen LogP contribution is -2.08. The second-order valence-electron chi connectivity index (χ2n) is 6.42. The van der Waals surface area contributed by atoms with Gasteiger partial charge < -0.3 is 0 Å². The van der Waals surface area contributed by atoms with Crippen LogP contribution >= 0.6 is 0 Å². The minimum absolute atomic E-state index is 0.102. The number of hydrogen-bond acceptors (Lipinski definition) is 2. The van der Waals surface area contributed by atoms with E-state index in [9.17, 15) is 0 Å². The molecule has 0 aliphatic heterocycles. The predicted octanol–water partition coefficient (Wildman–Crippen LogP) is 5.56. The van der Waals surface area contributed by atoms with Crippen LogP contribution in [0.15, 0.2) is 51.7 Å². The summed E-state index contributed by atoms with van der Waals surface area (Å²) < 4.78 is 0. The van der Waals surface area contributed by atoms with Gasteiger partial charge in [0.1, 0.15) is 0 Å². The van der Waals surface area contributed by atoms with Crippen molar-refractivity contribution in [1.29, 1.82) is 0 Å². The highest BCUT2D eigenvalue weighted by Crippen LogP contribution is 2.34. The van der Waals surface area contributed by atoms with E-state index < -0.39 is 0 Å². The van der Waals surface area contributed by atoms with Gasteiger partial charge in [0.15, 0.2) is 0 Å². The Balaban J connectivity index is 2.27. The molecule has 106 valence electrons. The van der Waals surface area contributed by atoms with Gasteiger partial charge in [0, 0.05) is 0 Å². The van der Waals surface area contributed by atoms with E-state index in [4.69, 9.17) is 0 Å². The summed E-state index contributed by atoms with van der Waals surface area (Å²) in [6.45, 7) is 11.3. The van der Waals surface area contributed by atoms with Crippen LogP contribution in [-0.2, 0) is 6.54 Å². The molecule has 0 spiro atoms. The van der Waals surface area contributed by atoms with Gasteiger partial charge in [-0.3, -0.25) is 0 Å². The van der Waals surface area contributed by atoms with Gasteiger partial charge in [0.25, 0.3) is 0 Å². The van der Waals surface area contributed by atoms with E-state index in [1.54, 1.807) is 0 Å². The number of hydrogen-bond donors (Lipinski definition) is 0. The quantitative estimate of drug-likeness (QED) is 0.641. The van der Waals surface area contributed by atoms with Crippen molar-refractivity contribution in [1.82, 2.24) is 0 Å². The molecule has 2 rings (SSSR count).